The highest BCUT2D eigenvalue weighted by atomic mass is 32.1. The summed E-state index contributed by atoms with van der Waals surface area (Å²) in [5.74, 6) is 0. The molecule has 0 fully saturated rings. The van der Waals surface area contributed by atoms with Crippen LogP contribution in [0, 0.1) is 17.8 Å². The zero-order valence-corrected chi connectivity index (χ0v) is 13.9. The number of hydrogen-bond donors (Lipinski definition) is 0. The predicted molar refractivity (Wildman–Crippen MR) is 92.4 cm³/mol. The van der Waals surface area contributed by atoms with Crippen LogP contribution in [0.1, 0.15) is 11.1 Å². The van der Waals surface area contributed by atoms with E-state index in [1.165, 1.54) is 22.5 Å². The van der Waals surface area contributed by atoms with Gasteiger partial charge in [0.1, 0.15) is 0 Å². The molecular weight excluding hydrogens is 312 g/mol. The van der Waals surface area contributed by atoms with Crippen molar-refractivity contribution in [2.75, 3.05) is 0 Å². The van der Waals surface area contributed by atoms with Crippen molar-refractivity contribution in [1.82, 2.24) is 9.78 Å². The molecule has 0 unspecified atom stereocenters. The highest BCUT2D eigenvalue weighted by molar-refractivity contribution is 7.73. The number of nitrogens with zero attached hydrogens (tertiary/aromatic N) is 4. The molecule has 0 saturated carbocycles. The van der Waals surface area contributed by atoms with Crippen molar-refractivity contribution in [1.29, 1.82) is 0 Å². The Kier molecular flexibility index (Phi) is 4.22. The van der Waals surface area contributed by atoms with Crippen LogP contribution in [0.2, 0.25) is 0 Å². The van der Waals surface area contributed by atoms with E-state index in [-0.39, 0.29) is 0 Å². The zero-order valence-electron chi connectivity index (χ0n) is 12.2. The van der Waals surface area contributed by atoms with Gasteiger partial charge in [-0.15, -0.1) is 15.3 Å². The molecule has 0 aliphatic carbocycles. The number of azo groups is 1. The van der Waals surface area contributed by atoms with E-state index in [0.29, 0.717) is 9.09 Å². The highest BCUT2D eigenvalue weighted by Gasteiger charge is 2.05. The van der Waals surface area contributed by atoms with Crippen LogP contribution in [0.15, 0.2) is 58.8 Å². The van der Waals surface area contributed by atoms with Crippen molar-refractivity contribution < 1.29 is 0 Å². The maximum absolute atomic E-state index is 5.35. The van der Waals surface area contributed by atoms with E-state index in [9.17, 15) is 0 Å². The molecule has 0 saturated heterocycles. The first kappa shape index (κ1) is 14.7. The highest BCUT2D eigenvalue weighted by Crippen LogP contribution is 2.24. The van der Waals surface area contributed by atoms with Gasteiger partial charge in [0.05, 0.1) is 11.4 Å². The summed E-state index contributed by atoms with van der Waals surface area (Å²) in [6, 6.07) is 15.9. The quantitative estimate of drug-likeness (QED) is 0.458. The van der Waals surface area contributed by atoms with E-state index in [2.05, 4.69) is 15.3 Å². The van der Waals surface area contributed by atoms with Crippen LogP contribution in [0.5, 0.6) is 0 Å². The topological polar surface area (TPSA) is 42.5 Å². The smallest absolute Gasteiger partial charge is 0.210 e. The van der Waals surface area contributed by atoms with Crippen molar-refractivity contribution in [3.63, 3.8) is 0 Å². The Balaban J connectivity index is 1.87. The average molecular weight is 326 g/mol. The van der Waals surface area contributed by atoms with Gasteiger partial charge >= 0.3 is 0 Å². The van der Waals surface area contributed by atoms with Crippen LogP contribution in [0.4, 0.5) is 10.8 Å². The fraction of sp³-hybridized carbons (Fsp3) is 0.125. The van der Waals surface area contributed by atoms with Gasteiger partial charge in [-0.25, -0.2) is 4.68 Å². The molecule has 22 heavy (non-hydrogen) atoms. The minimum Gasteiger partial charge on any atom is -0.210 e. The summed E-state index contributed by atoms with van der Waals surface area (Å²) in [5.41, 5.74) is 4.13. The molecule has 3 rings (SSSR count). The van der Waals surface area contributed by atoms with Crippen molar-refractivity contribution in [3.8, 4) is 5.69 Å². The molecule has 3 aromatic rings. The third-order valence-electron chi connectivity index (χ3n) is 3.10. The van der Waals surface area contributed by atoms with Gasteiger partial charge in [0.15, 0.2) is 3.95 Å². The standard InChI is InChI=1S/C16H14N4S2/c1-11-3-7-13(8-4-11)17-18-15-19-20(16(21)22-15)14-9-5-12(2)6-10-14/h3-10H,1-2H3. The molecule has 6 heteroatoms. The Hall–Kier alpha value is -2.18. The third kappa shape index (κ3) is 3.35. The van der Waals surface area contributed by atoms with Gasteiger partial charge in [0.25, 0.3) is 5.13 Å². The van der Waals surface area contributed by atoms with Gasteiger partial charge in [0, 0.05) is 0 Å². The summed E-state index contributed by atoms with van der Waals surface area (Å²) in [6.45, 7) is 4.08. The first-order valence-corrected chi connectivity index (χ1v) is 8.00. The fourth-order valence-electron chi connectivity index (χ4n) is 1.87. The monoisotopic (exact) mass is 326 g/mol. The van der Waals surface area contributed by atoms with Crippen LogP contribution >= 0.6 is 23.6 Å². The summed E-state index contributed by atoms with van der Waals surface area (Å²) in [4.78, 5) is 0. The number of benzene rings is 2. The second-order valence-electron chi connectivity index (χ2n) is 4.93. The molecule has 2 aromatic carbocycles. The molecule has 110 valence electrons. The van der Waals surface area contributed by atoms with Crippen molar-refractivity contribution in [2.45, 2.75) is 13.8 Å². The Bertz CT molecular complexity index is 858. The number of aryl methyl sites for hydroxylation is 2. The zero-order chi connectivity index (χ0) is 15.5. The summed E-state index contributed by atoms with van der Waals surface area (Å²) < 4.78 is 2.37. The van der Waals surface area contributed by atoms with Crippen molar-refractivity contribution >= 4 is 34.4 Å². The lowest BCUT2D eigenvalue weighted by Gasteiger charge is -2.00. The second kappa shape index (κ2) is 6.29. The lowest BCUT2D eigenvalue weighted by atomic mass is 10.2. The predicted octanol–water partition coefficient (Wildman–Crippen LogP) is 5.70. The Morgan fingerprint density at radius 1 is 0.909 bits per heavy atom. The summed E-state index contributed by atoms with van der Waals surface area (Å²) in [7, 11) is 0. The minimum atomic E-state index is 0.547. The van der Waals surface area contributed by atoms with Gasteiger partial charge in [-0.1, -0.05) is 46.7 Å². The van der Waals surface area contributed by atoms with E-state index in [4.69, 9.17) is 12.2 Å². The largest absolute Gasteiger partial charge is 0.251 e. The Morgan fingerprint density at radius 2 is 1.50 bits per heavy atom. The molecule has 0 bridgehead atoms. The van der Waals surface area contributed by atoms with E-state index >= 15 is 0 Å². The molecule has 0 amide bonds. The SMILES string of the molecule is Cc1ccc(N=Nc2nn(-c3ccc(C)cc3)c(=S)s2)cc1. The molecular formula is C16H14N4S2. The number of aromatic nitrogens is 2. The van der Waals surface area contributed by atoms with Gasteiger partial charge in [0.2, 0.25) is 0 Å². The van der Waals surface area contributed by atoms with Gasteiger partial charge in [-0.05, 0) is 50.3 Å². The van der Waals surface area contributed by atoms with Crippen LogP contribution < -0.4 is 0 Å². The molecule has 0 N–H and O–H groups in total. The third-order valence-corrected chi connectivity index (χ3v) is 4.22. The van der Waals surface area contributed by atoms with Gasteiger partial charge in [-0.3, -0.25) is 0 Å². The maximum atomic E-state index is 5.35. The maximum Gasteiger partial charge on any atom is 0.251 e. The van der Waals surface area contributed by atoms with Crippen molar-refractivity contribution in [3.05, 3.63) is 63.6 Å². The molecule has 0 radical (unpaired) electrons. The van der Waals surface area contributed by atoms with Gasteiger partial charge < -0.3 is 0 Å². The summed E-state index contributed by atoms with van der Waals surface area (Å²) >= 11 is 6.70. The molecule has 0 spiro atoms. The molecule has 0 aliphatic heterocycles. The van der Waals surface area contributed by atoms with E-state index in [1.54, 1.807) is 4.68 Å². The lowest BCUT2D eigenvalue weighted by Crippen LogP contribution is -1.95. The fourth-order valence-corrected chi connectivity index (χ4v) is 2.83. The molecule has 0 atom stereocenters. The van der Waals surface area contributed by atoms with Crippen LogP contribution in [-0.4, -0.2) is 9.78 Å². The average Bonchev–Trinajstić information content (AvgIpc) is 2.89. The van der Waals surface area contributed by atoms with E-state index < -0.39 is 0 Å². The number of rotatable bonds is 3. The second-order valence-corrected chi connectivity index (χ2v) is 6.53. The molecule has 4 nitrogen and oxygen atoms in total. The summed E-state index contributed by atoms with van der Waals surface area (Å²) in [5, 5.41) is 13.3. The van der Waals surface area contributed by atoms with Crippen LogP contribution in [0.3, 0.4) is 0 Å². The number of hydrogen-bond acceptors (Lipinski definition) is 5. The Labute approximate surface area is 137 Å². The van der Waals surface area contributed by atoms with Crippen molar-refractivity contribution in [2.24, 2.45) is 10.2 Å². The van der Waals surface area contributed by atoms with E-state index in [1.807, 2.05) is 62.4 Å². The molecule has 0 aliphatic rings. The first-order chi connectivity index (χ1) is 10.6. The van der Waals surface area contributed by atoms with Gasteiger partial charge in [-0.2, -0.15) is 0 Å². The summed E-state index contributed by atoms with van der Waals surface area (Å²) in [6.07, 6.45) is 0. The minimum absolute atomic E-state index is 0.547. The Morgan fingerprint density at radius 3 is 2.14 bits per heavy atom. The van der Waals surface area contributed by atoms with E-state index in [0.717, 1.165) is 11.4 Å². The first-order valence-electron chi connectivity index (χ1n) is 6.77. The normalized spacial score (nSPS) is 11.2. The lowest BCUT2D eigenvalue weighted by molar-refractivity contribution is 0.864. The van der Waals surface area contributed by atoms with Crippen LogP contribution in [0.25, 0.3) is 5.69 Å². The molecule has 1 heterocycles. The van der Waals surface area contributed by atoms with Crippen LogP contribution in [-0.2, 0) is 0 Å². The molecule has 1 aromatic heterocycles.